The zero-order valence-corrected chi connectivity index (χ0v) is 20.7. The average Bonchev–Trinajstić information content (AvgIpc) is 2.85. The first-order chi connectivity index (χ1) is 16.4. The second-order valence-corrected chi connectivity index (χ2v) is 7.69. The lowest BCUT2D eigenvalue weighted by Crippen LogP contribution is -2.34. The lowest BCUT2D eigenvalue weighted by atomic mass is 9.94. The first kappa shape index (κ1) is 25.0. The summed E-state index contributed by atoms with van der Waals surface area (Å²) in [7, 11) is 11.3. The molecule has 1 heterocycles. The Balaban J connectivity index is 2.07. The molecule has 0 amide bonds. The standard InChI is InChI=1S/C26H31NO7/c1-27-14-18(12-16-8-10-20(29-2)25(33-6)23(16)31-4)22(28)19(15-27)13-17-9-11-21(30-3)26(34-7)24(17)32-5/h8-13H,14-15H2,1-7H3/b18-12+,19-13+. The molecule has 0 bridgehead atoms. The fourth-order valence-electron chi connectivity index (χ4n) is 4.06. The number of rotatable bonds is 8. The molecule has 34 heavy (non-hydrogen) atoms. The van der Waals surface area contributed by atoms with Crippen LogP contribution in [-0.2, 0) is 4.79 Å². The summed E-state index contributed by atoms with van der Waals surface area (Å²) in [6, 6.07) is 7.26. The molecule has 1 saturated heterocycles. The minimum atomic E-state index is -0.0493. The predicted octanol–water partition coefficient (Wildman–Crippen LogP) is 3.72. The molecule has 0 aliphatic carbocycles. The van der Waals surface area contributed by atoms with Crippen molar-refractivity contribution < 1.29 is 33.2 Å². The van der Waals surface area contributed by atoms with Crippen LogP contribution in [0.25, 0.3) is 12.2 Å². The molecule has 1 aliphatic heterocycles. The summed E-state index contributed by atoms with van der Waals surface area (Å²) < 4.78 is 32.8. The zero-order chi connectivity index (χ0) is 24.8. The van der Waals surface area contributed by atoms with E-state index in [1.54, 1.807) is 54.8 Å². The van der Waals surface area contributed by atoms with E-state index >= 15 is 0 Å². The maximum Gasteiger partial charge on any atom is 0.203 e. The molecule has 0 radical (unpaired) electrons. The van der Waals surface area contributed by atoms with Crippen LogP contribution in [0.2, 0.25) is 0 Å². The monoisotopic (exact) mass is 469 g/mol. The Kier molecular flexibility index (Phi) is 8.07. The van der Waals surface area contributed by atoms with Gasteiger partial charge in [0.1, 0.15) is 0 Å². The van der Waals surface area contributed by atoms with E-state index in [9.17, 15) is 4.79 Å². The van der Waals surface area contributed by atoms with Gasteiger partial charge in [0.2, 0.25) is 11.5 Å². The minimum Gasteiger partial charge on any atom is -0.493 e. The number of methoxy groups -OCH3 is 6. The highest BCUT2D eigenvalue weighted by molar-refractivity contribution is 6.15. The Morgan fingerprint density at radius 1 is 0.618 bits per heavy atom. The fraction of sp³-hybridized carbons (Fsp3) is 0.346. The molecule has 0 N–H and O–H groups in total. The maximum atomic E-state index is 13.5. The van der Waals surface area contributed by atoms with Crippen molar-refractivity contribution >= 4 is 17.9 Å². The fourth-order valence-corrected chi connectivity index (χ4v) is 4.06. The molecule has 2 aromatic carbocycles. The Labute approximate surface area is 200 Å². The number of carbonyl (C=O) groups excluding carboxylic acids is 1. The molecule has 1 aliphatic rings. The topological polar surface area (TPSA) is 75.7 Å². The summed E-state index contributed by atoms with van der Waals surface area (Å²) in [5.41, 5.74) is 2.71. The zero-order valence-electron chi connectivity index (χ0n) is 20.7. The molecule has 0 unspecified atom stereocenters. The molecule has 8 heteroatoms. The average molecular weight is 470 g/mol. The summed E-state index contributed by atoms with van der Waals surface area (Å²) in [4.78, 5) is 15.5. The SMILES string of the molecule is COc1ccc(/C=C2\CN(C)C/C(=C\c3ccc(OC)c(OC)c3OC)C2=O)c(OC)c1OC. The highest BCUT2D eigenvalue weighted by Gasteiger charge is 2.26. The lowest BCUT2D eigenvalue weighted by molar-refractivity contribution is -0.113. The summed E-state index contributed by atoms with van der Waals surface area (Å²) in [6.07, 6.45) is 3.66. The molecule has 182 valence electrons. The number of nitrogens with zero attached hydrogens (tertiary/aromatic N) is 1. The van der Waals surface area contributed by atoms with Crippen molar-refractivity contribution in [2.24, 2.45) is 0 Å². The van der Waals surface area contributed by atoms with E-state index in [-0.39, 0.29) is 5.78 Å². The number of ketones is 1. The smallest absolute Gasteiger partial charge is 0.203 e. The molecule has 1 fully saturated rings. The van der Waals surface area contributed by atoms with Crippen LogP contribution in [0.4, 0.5) is 0 Å². The van der Waals surface area contributed by atoms with Crippen LogP contribution < -0.4 is 28.4 Å². The molecular formula is C26H31NO7. The van der Waals surface area contributed by atoms with E-state index in [1.807, 2.05) is 31.3 Å². The summed E-state index contributed by atoms with van der Waals surface area (Å²) in [5, 5.41) is 0. The third-order valence-electron chi connectivity index (χ3n) is 5.59. The summed E-state index contributed by atoms with van der Waals surface area (Å²) in [6.45, 7) is 0.994. The minimum absolute atomic E-state index is 0.0493. The highest BCUT2D eigenvalue weighted by Crippen LogP contribution is 2.42. The maximum absolute atomic E-state index is 13.5. The van der Waals surface area contributed by atoms with Gasteiger partial charge in [0.25, 0.3) is 0 Å². The molecule has 0 saturated carbocycles. The number of ether oxygens (including phenoxy) is 6. The number of benzene rings is 2. The van der Waals surface area contributed by atoms with Crippen molar-refractivity contribution in [3.63, 3.8) is 0 Å². The van der Waals surface area contributed by atoms with Gasteiger partial charge in [-0.15, -0.1) is 0 Å². The molecule has 0 spiro atoms. The largest absolute Gasteiger partial charge is 0.493 e. The number of likely N-dealkylation sites (tertiary alicyclic amines) is 1. The van der Waals surface area contributed by atoms with Gasteiger partial charge in [0, 0.05) is 35.4 Å². The van der Waals surface area contributed by atoms with Gasteiger partial charge < -0.3 is 28.4 Å². The van der Waals surface area contributed by atoms with Crippen molar-refractivity contribution in [1.82, 2.24) is 4.90 Å². The van der Waals surface area contributed by atoms with Crippen LogP contribution >= 0.6 is 0 Å². The van der Waals surface area contributed by atoms with Crippen LogP contribution in [0.15, 0.2) is 35.4 Å². The van der Waals surface area contributed by atoms with Gasteiger partial charge in [-0.05, 0) is 43.5 Å². The van der Waals surface area contributed by atoms with E-state index in [0.717, 1.165) is 11.1 Å². The number of Topliss-reactive ketones (excluding diaryl/α,β-unsaturated/α-hetero) is 1. The predicted molar refractivity (Wildman–Crippen MR) is 131 cm³/mol. The molecular weight excluding hydrogens is 438 g/mol. The second-order valence-electron chi connectivity index (χ2n) is 7.69. The van der Waals surface area contributed by atoms with E-state index in [1.165, 1.54) is 0 Å². The van der Waals surface area contributed by atoms with Crippen LogP contribution in [0, 0.1) is 0 Å². The first-order valence-corrected chi connectivity index (χ1v) is 10.6. The van der Waals surface area contributed by atoms with E-state index in [4.69, 9.17) is 28.4 Å². The van der Waals surface area contributed by atoms with Gasteiger partial charge >= 0.3 is 0 Å². The molecule has 3 rings (SSSR count). The number of hydrogen-bond donors (Lipinski definition) is 0. The van der Waals surface area contributed by atoms with Crippen molar-refractivity contribution in [2.75, 3.05) is 62.8 Å². The Hall–Kier alpha value is -3.65. The van der Waals surface area contributed by atoms with Gasteiger partial charge in [0.05, 0.1) is 42.7 Å². The van der Waals surface area contributed by atoms with Crippen LogP contribution in [0.5, 0.6) is 34.5 Å². The van der Waals surface area contributed by atoms with Gasteiger partial charge in [-0.3, -0.25) is 9.69 Å². The summed E-state index contributed by atoms with van der Waals surface area (Å²) >= 11 is 0. The summed E-state index contributed by atoms with van der Waals surface area (Å²) in [5.74, 6) is 3.00. The Morgan fingerprint density at radius 3 is 1.32 bits per heavy atom. The quantitative estimate of drug-likeness (QED) is 0.542. The van der Waals surface area contributed by atoms with E-state index in [0.29, 0.717) is 58.7 Å². The third-order valence-corrected chi connectivity index (χ3v) is 5.59. The molecule has 0 aromatic heterocycles. The van der Waals surface area contributed by atoms with Crippen molar-refractivity contribution in [3.05, 3.63) is 46.5 Å². The van der Waals surface area contributed by atoms with Crippen LogP contribution in [0.3, 0.4) is 0 Å². The number of piperidine rings is 1. The van der Waals surface area contributed by atoms with Crippen molar-refractivity contribution in [1.29, 1.82) is 0 Å². The van der Waals surface area contributed by atoms with Gasteiger partial charge in [-0.25, -0.2) is 0 Å². The Bertz CT molecular complexity index is 1040. The number of hydrogen-bond acceptors (Lipinski definition) is 8. The molecule has 8 nitrogen and oxygen atoms in total. The lowest BCUT2D eigenvalue weighted by Gasteiger charge is -2.26. The van der Waals surface area contributed by atoms with E-state index < -0.39 is 0 Å². The molecule has 0 atom stereocenters. The normalized spacial score (nSPS) is 16.5. The molecule has 2 aromatic rings. The third kappa shape index (κ3) is 4.82. The van der Waals surface area contributed by atoms with Gasteiger partial charge in [-0.1, -0.05) is 0 Å². The van der Waals surface area contributed by atoms with Crippen molar-refractivity contribution in [3.8, 4) is 34.5 Å². The van der Waals surface area contributed by atoms with Gasteiger partial charge in [-0.2, -0.15) is 0 Å². The van der Waals surface area contributed by atoms with E-state index in [2.05, 4.69) is 4.90 Å². The number of carbonyl (C=O) groups is 1. The first-order valence-electron chi connectivity index (χ1n) is 10.6. The van der Waals surface area contributed by atoms with Crippen molar-refractivity contribution in [2.45, 2.75) is 0 Å². The Morgan fingerprint density at radius 2 is 1.00 bits per heavy atom. The van der Waals surface area contributed by atoms with Crippen LogP contribution in [0.1, 0.15) is 11.1 Å². The highest BCUT2D eigenvalue weighted by atomic mass is 16.5. The van der Waals surface area contributed by atoms with Gasteiger partial charge in [0.15, 0.2) is 28.8 Å². The number of likely N-dealkylation sites (N-methyl/N-ethyl adjacent to an activating group) is 1. The van der Waals surface area contributed by atoms with Crippen LogP contribution in [-0.4, -0.2) is 73.5 Å². The second kappa shape index (κ2) is 11.0.